The first-order valence-electron chi connectivity index (χ1n) is 6.84. The highest BCUT2D eigenvalue weighted by Gasteiger charge is 2.23. The van der Waals surface area contributed by atoms with Crippen molar-refractivity contribution in [3.8, 4) is 5.75 Å². The normalized spacial score (nSPS) is 16.8. The molecule has 1 rings (SSSR count). The Morgan fingerprint density at radius 2 is 1.89 bits per heavy atom. The molecule has 0 amide bonds. The lowest BCUT2D eigenvalue weighted by Crippen LogP contribution is -2.38. The quantitative estimate of drug-likeness (QED) is 0.860. The Morgan fingerprint density at radius 1 is 1.26 bits per heavy atom. The van der Waals surface area contributed by atoms with Crippen molar-refractivity contribution in [2.45, 2.75) is 58.2 Å². The van der Waals surface area contributed by atoms with Crippen LogP contribution in [0.25, 0.3) is 0 Å². The third-order valence-corrected chi connectivity index (χ3v) is 3.20. The van der Waals surface area contributed by atoms with Crippen molar-refractivity contribution in [3.63, 3.8) is 0 Å². The molecule has 2 atom stereocenters. The average molecular weight is 265 g/mol. The van der Waals surface area contributed by atoms with E-state index in [1.165, 1.54) is 5.56 Å². The van der Waals surface area contributed by atoms with E-state index in [2.05, 4.69) is 32.9 Å². The van der Waals surface area contributed by atoms with Gasteiger partial charge in [0.1, 0.15) is 5.75 Å². The summed E-state index contributed by atoms with van der Waals surface area (Å²) in [4.78, 5) is 0. The molecule has 0 heterocycles. The Morgan fingerprint density at radius 3 is 2.42 bits per heavy atom. The molecular formula is C16H27NO2. The lowest BCUT2D eigenvalue weighted by Gasteiger charge is -2.26. The fraction of sp³-hybridized carbons (Fsp3) is 0.625. The minimum Gasteiger partial charge on any atom is -0.491 e. The van der Waals surface area contributed by atoms with Gasteiger partial charge in [-0.05, 0) is 37.0 Å². The average Bonchev–Trinajstić information content (AvgIpc) is 2.27. The van der Waals surface area contributed by atoms with Gasteiger partial charge in [-0.15, -0.1) is 0 Å². The van der Waals surface area contributed by atoms with Crippen LogP contribution in [0.2, 0.25) is 0 Å². The van der Waals surface area contributed by atoms with E-state index in [1.54, 1.807) is 6.92 Å². The van der Waals surface area contributed by atoms with Gasteiger partial charge in [-0.3, -0.25) is 0 Å². The predicted molar refractivity (Wildman–Crippen MR) is 79.5 cm³/mol. The van der Waals surface area contributed by atoms with Crippen LogP contribution in [0.4, 0.5) is 0 Å². The Kier molecular flexibility index (Phi) is 4.99. The van der Waals surface area contributed by atoms with E-state index in [4.69, 9.17) is 10.5 Å². The summed E-state index contributed by atoms with van der Waals surface area (Å²) < 4.78 is 5.87. The molecule has 0 radical (unpaired) electrons. The summed E-state index contributed by atoms with van der Waals surface area (Å²) in [6.07, 6.45) is 0.442. The van der Waals surface area contributed by atoms with Crippen LogP contribution < -0.4 is 10.5 Å². The third kappa shape index (κ3) is 5.21. The van der Waals surface area contributed by atoms with Crippen LogP contribution in [0.5, 0.6) is 5.75 Å². The molecule has 0 aliphatic carbocycles. The molecule has 1 aromatic rings. The molecule has 108 valence electrons. The first-order chi connectivity index (χ1) is 8.64. The van der Waals surface area contributed by atoms with Crippen LogP contribution in [0.3, 0.4) is 0 Å². The number of ether oxygens (including phenoxy) is 1. The Hall–Kier alpha value is -1.06. The molecule has 3 N–H and O–H groups in total. The highest BCUT2D eigenvalue weighted by atomic mass is 16.5. The molecule has 0 saturated heterocycles. The summed E-state index contributed by atoms with van der Waals surface area (Å²) in [5.41, 5.74) is 5.99. The third-order valence-electron chi connectivity index (χ3n) is 3.20. The van der Waals surface area contributed by atoms with Crippen molar-refractivity contribution in [2.75, 3.05) is 6.54 Å². The Labute approximate surface area is 116 Å². The topological polar surface area (TPSA) is 55.5 Å². The van der Waals surface area contributed by atoms with E-state index in [-0.39, 0.29) is 18.1 Å². The Bertz CT molecular complexity index is 407. The molecule has 0 saturated carbocycles. The monoisotopic (exact) mass is 265 g/mol. The van der Waals surface area contributed by atoms with Gasteiger partial charge in [0, 0.05) is 13.0 Å². The van der Waals surface area contributed by atoms with E-state index in [0.29, 0.717) is 6.42 Å². The zero-order valence-corrected chi connectivity index (χ0v) is 12.7. The minimum absolute atomic E-state index is 0.0752. The van der Waals surface area contributed by atoms with E-state index >= 15 is 0 Å². The van der Waals surface area contributed by atoms with E-state index in [1.807, 2.05) is 19.1 Å². The van der Waals surface area contributed by atoms with Gasteiger partial charge in [-0.2, -0.15) is 0 Å². The van der Waals surface area contributed by atoms with Crippen LogP contribution in [0.15, 0.2) is 24.3 Å². The van der Waals surface area contributed by atoms with E-state index in [9.17, 15) is 5.11 Å². The number of hydrogen-bond donors (Lipinski definition) is 2. The smallest absolute Gasteiger partial charge is 0.119 e. The molecule has 0 aliphatic rings. The summed E-state index contributed by atoms with van der Waals surface area (Å²) >= 11 is 0. The standard InChI is InChI=1S/C16H27NO2/c1-12(10-16(5,18)11-17)19-14-8-6-7-13(9-14)15(2,3)4/h6-9,12,18H,10-11,17H2,1-5H3. The molecule has 3 nitrogen and oxygen atoms in total. The van der Waals surface area contributed by atoms with Crippen LogP contribution in [0.1, 0.15) is 46.6 Å². The molecule has 0 spiro atoms. The fourth-order valence-electron chi connectivity index (χ4n) is 2.01. The largest absolute Gasteiger partial charge is 0.491 e. The zero-order valence-electron chi connectivity index (χ0n) is 12.7. The van der Waals surface area contributed by atoms with Gasteiger partial charge in [0.15, 0.2) is 0 Å². The van der Waals surface area contributed by atoms with Gasteiger partial charge in [-0.25, -0.2) is 0 Å². The fourth-order valence-corrected chi connectivity index (χ4v) is 2.01. The van der Waals surface area contributed by atoms with Crippen molar-refractivity contribution in [1.29, 1.82) is 0 Å². The highest BCUT2D eigenvalue weighted by Crippen LogP contribution is 2.26. The van der Waals surface area contributed by atoms with E-state index < -0.39 is 5.60 Å². The summed E-state index contributed by atoms with van der Waals surface area (Å²) in [5, 5.41) is 9.95. The summed E-state index contributed by atoms with van der Waals surface area (Å²) in [7, 11) is 0. The second-order valence-corrected chi connectivity index (χ2v) is 6.61. The van der Waals surface area contributed by atoms with Crippen molar-refractivity contribution < 1.29 is 9.84 Å². The number of aliphatic hydroxyl groups is 1. The number of rotatable bonds is 5. The highest BCUT2D eigenvalue weighted by molar-refractivity contribution is 5.32. The number of hydrogen-bond acceptors (Lipinski definition) is 3. The summed E-state index contributed by atoms with van der Waals surface area (Å²) in [6, 6.07) is 8.12. The lowest BCUT2D eigenvalue weighted by atomic mass is 9.87. The van der Waals surface area contributed by atoms with Crippen LogP contribution in [-0.4, -0.2) is 23.4 Å². The lowest BCUT2D eigenvalue weighted by molar-refractivity contribution is 0.0237. The maximum Gasteiger partial charge on any atom is 0.119 e. The maximum atomic E-state index is 9.95. The molecular weight excluding hydrogens is 238 g/mol. The van der Waals surface area contributed by atoms with Gasteiger partial charge in [0.2, 0.25) is 0 Å². The SMILES string of the molecule is CC(CC(C)(O)CN)Oc1cccc(C(C)(C)C)c1. The first-order valence-corrected chi connectivity index (χ1v) is 6.84. The number of benzene rings is 1. The predicted octanol–water partition coefficient (Wildman–Crippen LogP) is 2.85. The maximum absolute atomic E-state index is 9.95. The van der Waals surface area contributed by atoms with Gasteiger partial charge in [-0.1, -0.05) is 32.9 Å². The molecule has 0 aromatic heterocycles. The molecule has 0 fully saturated rings. The van der Waals surface area contributed by atoms with Gasteiger partial charge < -0.3 is 15.6 Å². The van der Waals surface area contributed by atoms with Crippen molar-refractivity contribution in [1.82, 2.24) is 0 Å². The first kappa shape index (κ1) is 16.0. The molecule has 19 heavy (non-hydrogen) atoms. The molecule has 1 aromatic carbocycles. The summed E-state index contributed by atoms with van der Waals surface area (Å²) in [5.74, 6) is 0.841. The van der Waals surface area contributed by atoms with E-state index in [0.717, 1.165) is 5.75 Å². The summed E-state index contributed by atoms with van der Waals surface area (Å²) in [6.45, 7) is 10.5. The zero-order chi connectivity index (χ0) is 14.7. The van der Waals surface area contributed by atoms with Crippen LogP contribution in [-0.2, 0) is 5.41 Å². The second-order valence-electron chi connectivity index (χ2n) is 6.61. The van der Waals surface area contributed by atoms with Crippen molar-refractivity contribution >= 4 is 0 Å². The van der Waals surface area contributed by atoms with Gasteiger partial charge >= 0.3 is 0 Å². The Balaban J connectivity index is 2.72. The second kappa shape index (κ2) is 5.93. The molecule has 2 unspecified atom stereocenters. The minimum atomic E-state index is -0.874. The van der Waals surface area contributed by atoms with Crippen molar-refractivity contribution in [2.24, 2.45) is 5.73 Å². The van der Waals surface area contributed by atoms with Gasteiger partial charge in [0.25, 0.3) is 0 Å². The number of nitrogens with two attached hydrogens (primary N) is 1. The van der Waals surface area contributed by atoms with Crippen LogP contribution >= 0.6 is 0 Å². The van der Waals surface area contributed by atoms with Crippen LogP contribution in [0, 0.1) is 0 Å². The molecule has 3 heteroatoms. The van der Waals surface area contributed by atoms with Gasteiger partial charge in [0.05, 0.1) is 11.7 Å². The molecule has 0 bridgehead atoms. The molecule has 0 aliphatic heterocycles. The van der Waals surface area contributed by atoms with Crippen molar-refractivity contribution in [3.05, 3.63) is 29.8 Å².